The average Bonchev–Trinajstić information content (AvgIpc) is 2.79. The van der Waals surface area contributed by atoms with E-state index in [1.807, 2.05) is 37.3 Å². The summed E-state index contributed by atoms with van der Waals surface area (Å²) in [5, 5.41) is 5.70. The van der Waals surface area contributed by atoms with Crippen LogP contribution < -0.4 is 20.1 Å². The second-order valence-electron chi connectivity index (χ2n) is 7.11. The molecule has 3 rings (SSSR count). The van der Waals surface area contributed by atoms with E-state index in [0.717, 1.165) is 5.56 Å². The van der Waals surface area contributed by atoms with Gasteiger partial charge in [-0.2, -0.15) is 0 Å². The standard InChI is InChI=1S/C25H26N2O4/c1-17-9-11-18(12-10-17)13-14-24(28)26-20-15-23(31-3)21(16-22(20)30-2)27-25(29)19-7-5-4-6-8-19/h4-12,15-16H,13-14H2,1-3H3,(H,26,28)(H,27,29). The van der Waals surface area contributed by atoms with E-state index >= 15 is 0 Å². The molecule has 0 aliphatic heterocycles. The molecule has 0 aliphatic rings. The molecule has 0 heterocycles. The minimum atomic E-state index is -0.268. The molecule has 31 heavy (non-hydrogen) atoms. The summed E-state index contributed by atoms with van der Waals surface area (Å²) in [6, 6.07) is 20.3. The monoisotopic (exact) mass is 418 g/mol. The molecule has 3 aromatic carbocycles. The lowest BCUT2D eigenvalue weighted by Gasteiger charge is -2.16. The van der Waals surface area contributed by atoms with Gasteiger partial charge in [0.15, 0.2) is 0 Å². The van der Waals surface area contributed by atoms with Crippen molar-refractivity contribution >= 4 is 23.2 Å². The van der Waals surface area contributed by atoms with Gasteiger partial charge in [0.05, 0.1) is 25.6 Å². The predicted octanol–water partition coefficient (Wildman–Crippen LogP) is 4.84. The van der Waals surface area contributed by atoms with Crippen LogP contribution in [0.3, 0.4) is 0 Å². The minimum Gasteiger partial charge on any atom is -0.494 e. The molecule has 6 heteroatoms. The molecule has 6 nitrogen and oxygen atoms in total. The van der Waals surface area contributed by atoms with E-state index in [1.54, 1.807) is 36.4 Å². The summed E-state index contributed by atoms with van der Waals surface area (Å²) in [4.78, 5) is 25.0. The summed E-state index contributed by atoms with van der Waals surface area (Å²) < 4.78 is 10.9. The zero-order valence-corrected chi connectivity index (χ0v) is 17.9. The quantitative estimate of drug-likeness (QED) is 0.549. The molecule has 0 fully saturated rings. The Morgan fingerprint density at radius 1 is 0.806 bits per heavy atom. The number of hydrogen-bond acceptors (Lipinski definition) is 4. The van der Waals surface area contributed by atoms with Crippen LogP contribution in [0.25, 0.3) is 0 Å². The summed E-state index contributed by atoms with van der Waals surface area (Å²) >= 11 is 0. The molecule has 3 aromatic rings. The van der Waals surface area contributed by atoms with Crippen molar-refractivity contribution in [2.45, 2.75) is 19.8 Å². The summed E-state index contributed by atoms with van der Waals surface area (Å²) in [6.07, 6.45) is 0.970. The van der Waals surface area contributed by atoms with E-state index in [9.17, 15) is 9.59 Å². The number of rotatable bonds is 8. The maximum absolute atomic E-state index is 12.5. The normalized spacial score (nSPS) is 10.3. The second-order valence-corrected chi connectivity index (χ2v) is 7.11. The second kappa shape index (κ2) is 10.3. The fourth-order valence-electron chi connectivity index (χ4n) is 3.10. The van der Waals surface area contributed by atoms with Gasteiger partial charge in [-0.15, -0.1) is 0 Å². The average molecular weight is 418 g/mol. The van der Waals surface area contributed by atoms with Gasteiger partial charge in [0.25, 0.3) is 5.91 Å². The highest BCUT2D eigenvalue weighted by molar-refractivity contribution is 6.05. The largest absolute Gasteiger partial charge is 0.494 e. The third kappa shape index (κ3) is 5.85. The van der Waals surface area contributed by atoms with Crippen molar-refractivity contribution in [2.75, 3.05) is 24.9 Å². The first kappa shape index (κ1) is 21.9. The van der Waals surface area contributed by atoms with Crippen LogP contribution in [0, 0.1) is 6.92 Å². The van der Waals surface area contributed by atoms with Gasteiger partial charge in [-0.05, 0) is 31.0 Å². The molecule has 2 N–H and O–H groups in total. The Hall–Kier alpha value is -3.80. The van der Waals surface area contributed by atoms with Gasteiger partial charge in [-0.25, -0.2) is 0 Å². The maximum Gasteiger partial charge on any atom is 0.255 e. The van der Waals surface area contributed by atoms with Gasteiger partial charge in [-0.1, -0.05) is 48.0 Å². The van der Waals surface area contributed by atoms with E-state index in [0.29, 0.717) is 41.3 Å². The molecule has 0 atom stereocenters. The van der Waals surface area contributed by atoms with Gasteiger partial charge in [0, 0.05) is 24.1 Å². The number of ether oxygens (including phenoxy) is 2. The Kier molecular flexibility index (Phi) is 7.27. The molecule has 0 spiro atoms. The number of anilines is 2. The molecule has 2 amide bonds. The maximum atomic E-state index is 12.5. The molecule has 0 saturated heterocycles. The summed E-state index contributed by atoms with van der Waals surface area (Å²) in [7, 11) is 3.01. The zero-order valence-electron chi connectivity index (χ0n) is 17.9. The number of carbonyl (C=O) groups excluding carboxylic acids is 2. The number of amides is 2. The van der Waals surface area contributed by atoms with Gasteiger partial charge in [0.2, 0.25) is 5.91 Å². The lowest BCUT2D eigenvalue weighted by Crippen LogP contribution is -2.15. The van der Waals surface area contributed by atoms with Crippen molar-refractivity contribution in [2.24, 2.45) is 0 Å². The fourth-order valence-corrected chi connectivity index (χ4v) is 3.10. The SMILES string of the molecule is COc1cc(NC(=O)c2ccccc2)c(OC)cc1NC(=O)CCc1ccc(C)cc1. The van der Waals surface area contributed by atoms with Crippen LogP contribution >= 0.6 is 0 Å². The van der Waals surface area contributed by atoms with E-state index < -0.39 is 0 Å². The number of methoxy groups -OCH3 is 2. The molecule has 0 radical (unpaired) electrons. The first-order valence-electron chi connectivity index (χ1n) is 9.98. The third-order valence-electron chi connectivity index (χ3n) is 4.84. The van der Waals surface area contributed by atoms with Crippen LogP contribution in [0.4, 0.5) is 11.4 Å². The summed E-state index contributed by atoms with van der Waals surface area (Å²) in [5.41, 5.74) is 3.74. The van der Waals surface area contributed by atoms with Crippen LogP contribution in [0.15, 0.2) is 66.7 Å². The third-order valence-corrected chi connectivity index (χ3v) is 4.84. The fraction of sp³-hybridized carbons (Fsp3) is 0.200. The number of aryl methyl sites for hydroxylation is 2. The van der Waals surface area contributed by atoms with Crippen LogP contribution in [-0.2, 0) is 11.2 Å². The molecule has 0 aliphatic carbocycles. The van der Waals surface area contributed by atoms with Crippen LogP contribution in [-0.4, -0.2) is 26.0 Å². The number of nitrogens with one attached hydrogen (secondary N) is 2. The molecule has 0 aromatic heterocycles. The lowest BCUT2D eigenvalue weighted by molar-refractivity contribution is -0.116. The van der Waals surface area contributed by atoms with Crippen LogP contribution in [0.2, 0.25) is 0 Å². The summed E-state index contributed by atoms with van der Waals surface area (Å²) in [6.45, 7) is 2.03. The van der Waals surface area contributed by atoms with Gasteiger partial charge >= 0.3 is 0 Å². The Morgan fingerprint density at radius 2 is 1.39 bits per heavy atom. The van der Waals surface area contributed by atoms with Crippen molar-refractivity contribution in [1.82, 2.24) is 0 Å². The van der Waals surface area contributed by atoms with Crippen molar-refractivity contribution in [1.29, 1.82) is 0 Å². The molecule has 0 unspecified atom stereocenters. The van der Waals surface area contributed by atoms with Gasteiger partial charge in [0.1, 0.15) is 11.5 Å². The molecular weight excluding hydrogens is 392 g/mol. The van der Waals surface area contributed by atoms with Gasteiger partial charge < -0.3 is 20.1 Å². The van der Waals surface area contributed by atoms with E-state index in [2.05, 4.69) is 10.6 Å². The number of benzene rings is 3. The van der Waals surface area contributed by atoms with Crippen molar-refractivity contribution < 1.29 is 19.1 Å². The summed E-state index contributed by atoms with van der Waals surface area (Å²) in [5.74, 6) is 0.435. The minimum absolute atomic E-state index is 0.137. The van der Waals surface area contributed by atoms with Crippen molar-refractivity contribution in [3.63, 3.8) is 0 Å². The molecule has 0 saturated carbocycles. The zero-order chi connectivity index (χ0) is 22.2. The van der Waals surface area contributed by atoms with Crippen LogP contribution in [0.1, 0.15) is 27.9 Å². The molecular formula is C25H26N2O4. The predicted molar refractivity (Wildman–Crippen MR) is 122 cm³/mol. The number of carbonyl (C=O) groups is 2. The number of hydrogen-bond donors (Lipinski definition) is 2. The smallest absolute Gasteiger partial charge is 0.255 e. The highest BCUT2D eigenvalue weighted by atomic mass is 16.5. The first-order valence-corrected chi connectivity index (χ1v) is 9.98. The Balaban J connectivity index is 1.72. The first-order chi connectivity index (χ1) is 15.0. The molecule has 0 bridgehead atoms. The van der Waals surface area contributed by atoms with Crippen molar-refractivity contribution in [3.8, 4) is 11.5 Å². The van der Waals surface area contributed by atoms with E-state index in [4.69, 9.17) is 9.47 Å². The van der Waals surface area contributed by atoms with E-state index in [1.165, 1.54) is 19.8 Å². The van der Waals surface area contributed by atoms with Gasteiger partial charge in [-0.3, -0.25) is 9.59 Å². The highest BCUT2D eigenvalue weighted by Gasteiger charge is 2.16. The lowest BCUT2D eigenvalue weighted by atomic mass is 10.1. The van der Waals surface area contributed by atoms with Crippen LogP contribution in [0.5, 0.6) is 11.5 Å². The molecule has 160 valence electrons. The van der Waals surface area contributed by atoms with E-state index in [-0.39, 0.29) is 11.8 Å². The highest BCUT2D eigenvalue weighted by Crippen LogP contribution is 2.36. The Bertz CT molecular complexity index is 1050. The topological polar surface area (TPSA) is 76.7 Å². The Labute approximate surface area is 182 Å². The Morgan fingerprint density at radius 3 is 1.97 bits per heavy atom. The van der Waals surface area contributed by atoms with Crippen molar-refractivity contribution in [3.05, 3.63) is 83.4 Å².